The van der Waals surface area contributed by atoms with E-state index in [4.69, 9.17) is 0 Å². The van der Waals surface area contributed by atoms with Crippen LogP contribution in [0.3, 0.4) is 0 Å². The second-order valence-corrected chi connectivity index (χ2v) is 7.02. The molecule has 4 nitrogen and oxygen atoms in total. The Hall–Kier alpha value is -0.160. The molecule has 22 heavy (non-hydrogen) atoms. The molecule has 0 aliphatic carbocycles. The average Bonchev–Trinajstić information content (AvgIpc) is 2.48. The van der Waals surface area contributed by atoms with E-state index in [0.717, 1.165) is 26.2 Å². The van der Waals surface area contributed by atoms with Crippen LogP contribution in [-0.4, -0.2) is 98.1 Å². The minimum Gasteiger partial charge on any atom is -0.303 e. The molecule has 0 aromatic heterocycles. The van der Waals surface area contributed by atoms with Crippen LogP contribution in [0.25, 0.3) is 0 Å². The van der Waals surface area contributed by atoms with Crippen molar-refractivity contribution in [2.45, 2.75) is 53.6 Å². The number of likely N-dealkylation sites (N-methyl/N-ethyl adjacent to an activating group) is 3. The van der Waals surface area contributed by atoms with Crippen molar-refractivity contribution in [2.75, 3.05) is 66.5 Å². The Morgan fingerprint density at radius 2 is 0.864 bits per heavy atom. The summed E-state index contributed by atoms with van der Waals surface area (Å²) >= 11 is 0. The second-order valence-electron chi connectivity index (χ2n) is 7.02. The number of rotatable bonds is 13. The van der Waals surface area contributed by atoms with E-state index in [2.05, 4.69) is 75.2 Å². The van der Waals surface area contributed by atoms with Gasteiger partial charge in [0, 0.05) is 51.4 Å². The highest BCUT2D eigenvalue weighted by Crippen LogP contribution is 1.99. The van der Waals surface area contributed by atoms with Crippen LogP contribution < -0.4 is 0 Å². The van der Waals surface area contributed by atoms with Crippen LogP contribution in [0.2, 0.25) is 0 Å². The first-order chi connectivity index (χ1) is 10.3. The van der Waals surface area contributed by atoms with Gasteiger partial charge in [0.05, 0.1) is 0 Å². The summed E-state index contributed by atoms with van der Waals surface area (Å²) in [5.74, 6) is 0. The number of nitrogens with zero attached hydrogens (tertiary/aromatic N) is 4. The molecule has 0 spiro atoms. The smallest absolute Gasteiger partial charge is 0.0110 e. The Balaban J connectivity index is 4.35. The summed E-state index contributed by atoms with van der Waals surface area (Å²) in [6, 6.07) is 1.26. The average molecular weight is 315 g/mol. The summed E-state index contributed by atoms with van der Waals surface area (Å²) < 4.78 is 0. The van der Waals surface area contributed by atoms with E-state index in [-0.39, 0.29) is 0 Å². The molecule has 0 aliphatic rings. The van der Waals surface area contributed by atoms with Crippen molar-refractivity contribution >= 4 is 0 Å². The second kappa shape index (κ2) is 12.3. The molecule has 0 amide bonds. The van der Waals surface area contributed by atoms with Gasteiger partial charge in [-0.15, -0.1) is 0 Å². The molecule has 0 bridgehead atoms. The van der Waals surface area contributed by atoms with E-state index < -0.39 is 0 Å². The largest absolute Gasteiger partial charge is 0.303 e. The van der Waals surface area contributed by atoms with Gasteiger partial charge >= 0.3 is 0 Å². The van der Waals surface area contributed by atoms with Crippen LogP contribution in [0.15, 0.2) is 0 Å². The molecule has 0 saturated carbocycles. The minimum absolute atomic E-state index is 0.628. The first kappa shape index (κ1) is 21.8. The van der Waals surface area contributed by atoms with E-state index in [1.165, 1.54) is 26.2 Å². The van der Waals surface area contributed by atoms with Gasteiger partial charge in [0.2, 0.25) is 0 Å². The van der Waals surface area contributed by atoms with Gasteiger partial charge in [0.15, 0.2) is 0 Å². The molecule has 4 heteroatoms. The monoisotopic (exact) mass is 314 g/mol. The maximum Gasteiger partial charge on any atom is 0.0110 e. The summed E-state index contributed by atoms with van der Waals surface area (Å²) in [7, 11) is 4.46. The van der Waals surface area contributed by atoms with Crippen molar-refractivity contribution in [3.63, 3.8) is 0 Å². The van der Waals surface area contributed by atoms with Gasteiger partial charge in [-0.2, -0.15) is 0 Å². The molecule has 0 saturated heterocycles. The summed E-state index contributed by atoms with van der Waals surface area (Å²) in [4.78, 5) is 10.0. The molecule has 0 unspecified atom stereocenters. The van der Waals surface area contributed by atoms with Crippen molar-refractivity contribution in [1.29, 1.82) is 0 Å². The molecular weight excluding hydrogens is 272 g/mol. The molecule has 0 aliphatic heterocycles. The standard InChI is InChI=1S/C18H42N4/c1-9-21(10-2)15-16-22(13-11-19(7)17(3)4)14-12-20(8)18(5)6/h17-18H,9-16H2,1-8H3. The molecule has 0 N–H and O–H groups in total. The molecule has 134 valence electrons. The van der Waals surface area contributed by atoms with Crippen LogP contribution >= 0.6 is 0 Å². The first-order valence-corrected chi connectivity index (χ1v) is 9.16. The molecule has 0 atom stereocenters. The number of hydrogen-bond donors (Lipinski definition) is 0. The lowest BCUT2D eigenvalue weighted by atomic mass is 10.3. The zero-order valence-corrected chi connectivity index (χ0v) is 16.6. The normalized spacial score (nSPS) is 12.8. The SMILES string of the molecule is CCN(CC)CCN(CCN(C)C(C)C)CCN(C)C(C)C. The Morgan fingerprint density at radius 1 is 0.545 bits per heavy atom. The first-order valence-electron chi connectivity index (χ1n) is 9.16. The van der Waals surface area contributed by atoms with Crippen LogP contribution in [0.5, 0.6) is 0 Å². The lowest BCUT2D eigenvalue weighted by Gasteiger charge is -2.31. The van der Waals surface area contributed by atoms with E-state index in [0.29, 0.717) is 12.1 Å². The molecule has 0 aromatic carbocycles. The minimum atomic E-state index is 0.628. The lowest BCUT2D eigenvalue weighted by molar-refractivity contribution is 0.157. The van der Waals surface area contributed by atoms with Crippen molar-refractivity contribution in [1.82, 2.24) is 19.6 Å². The summed E-state index contributed by atoms with van der Waals surface area (Å²) in [6.07, 6.45) is 0. The highest BCUT2D eigenvalue weighted by molar-refractivity contribution is 4.68. The van der Waals surface area contributed by atoms with E-state index >= 15 is 0 Å². The van der Waals surface area contributed by atoms with Crippen LogP contribution in [0.4, 0.5) is 0 Å². The highest BCUT2D eigenvalue weighted by Gasteiger charge is 2.12. The Labute approximate surface area is 140 Å². The van der Waals surface area contributed by atoms with Gasteiger partial charge < -0.3 is 14.7 Å². The van der Waals surface area contributed by atoms with Gasteiger partial charge in [-0.25, -0.2) is 0 Å². The number of hydrogen-bond acceptors (Lipinski definition) is 4. The van der Waals surface area contributed by atoms with Gasteiger partial charge in [-0.3, -0.25) is 4.90 Å². The van der Waals surface area contributed by atoms with Crippen molar-refractivity contribution in [3.05, 3.63) is 0 Å². The third-order valence-electron chi connectivity index (χ3n) is 4.93. The quantitative estimate of drug-likeness (QED) is 0.517. The zero-order valence-electron chi connectivity index (χ0n) is 16.6. The van der Waals surface area contributed by atoms with Crippen molar-refractivity contribution in [2.24, 2.45) is 0 Å². The lowest BCUT2D eigenvalue weighted by Crippen LogP contribution is -2.43. The van der Waals surface area contributed by atoms with Crippen LogP contribution in [0, 0.1) is 0 Å². The summed E-state index contributed by atoms with van der Waals surface area (Å²) in [5.41, 5.74) is 0. The van der Waals surface area contributed by atoms with E-state index in [1.54, 1.807) is 0 Å². The van der Waals surface area contributed by atoms with Gasteiger partial charge in [0.25, 0.3) is 0 Å². The molecule has 0 heterocycles. The predicted molar refractivity (Wildman–Crippen MR) is 99.8 cm³/mol. The Kier molecular flexibility index (Phi) is 12.2. The molecule has 0 aromatic rings. The fourth-order valence-corrected chi connectivity index (χ4v) is 2.27. The fourth-order valence-electron chi connectivity index (χ4n) is 2.27. The predicted octanol–water partition coefficient (Wildman–Crippen LogP) is 2.31. The van der Waals surface area contributed by atoms with Gasteiger partial charge in [-0.1, -0.05) is 13.8 Å². The summed E-state index contributed by atoms with van der Waals surface area (Å²) in [6.45, 7) is 22.9. The molecule has 0 fully saturated rings. The van der Waals surface area contributed by atoms with E-state index in [9.17, 15) is 0 Å². The Bertz CT molecular complexity index is 225. The van der Waals surface area contributed by atoms with E-state index in [1.807, 2.05) is 0 Å². The maximum absolute atomic E-state index is 2.64. The topological polar surface area (TPSA) is 13.0 Å². The van der Waals surface area contributed by atoms with Crippen molar-refractivity contribution < 1.29 is 0 Å². The molecular formula is C18H42N4. The highest BCUT2D eigenvalue weighted by atomic mass is 15.2. The maximum atomic E-state index is 2.64. The molecule has 0 rings (SSSR count). The van der Waals surface area contributed by atoms with Crippen LogP contribution in [-0.2, 0) is 0 Å². The zero-order chi connectivity index (χ0) is 17.1. The van der Waals surface area contributed by atoms with Gasteiger partial charge in [-0.05, 0) is 54.9 Å². The fraction of sp³-hybridized carbons (Fsp3) is 1.00. The summed E-state index contributed by atoms with van der Waals surface area (Å²) in [5, 5.41) is 0. The van der Waals surface area contributed by atoms with Crippen LogP contribution in [0.1, 0.15) is 41.5 Å². The third-order valence-corrected chi connectivity index (χ3v) is 4.93. The molecule has 0 radical (unpaired) electrons. The van der Waals surface area contributed by atoms with Gasteiger partial charge in [0.1, 0.15) is 0 Å². The Morgan fingerprint density at radius 3 is 1.18 bits per heavy atom. The van der Waals surface area contributed by atoms with Crippen molar-refractivity contribution in [3.8, 4) is 0 Å². The third kappa shape index (κ3) is 9.78.